The van der Waals surface area contributed by atoms with Crippen LogP contribution in [0.5, 0.6) is 5.75 Å². The Morgan fingerprint density at radius 2 is 1.58 bits per heavy atom. The zero-order valence-electron chi connectivity index (χ0n) is 19.9. The summed E-state index contributed by atoms with van der Waals surface area (Å²) in [6, 6.07) is 5.73. The smallest absolute Gasteiger partial charge is 0.508 e. The third kappa shape index (κ3) is 11.1. The highest BCUT2D eigenvalue weighted by atomic mass is 16.7. The molecule has 0 spiro atoms. The first kappa shape index (κ1) is 26.5. The number of carbonyl (C=O) groups excluding carboxylic acids is 1. The molecule has 1 heterocycles. The van der Waals surface area contributed by atoms with E-state index in [2.05, 4.69) is 19.1 Å². The molecule has 0 aliphatic rings. The number of phenolic OH excluding ortho intramolecular Hbond substituents is 1. The number of allylic oxidation sites excluding steroid dienone is 2. The zero-order chi connectivity index (χ0) is 23.7. The lowest BCUT2D eigenvalue weighted by molar-refractivity contribution is 0.0489. The van der Waals surface area contributed by atoms with Crippen LogP contribution in [-0.4, -0.2) is 17.9 Å². The number of unbranched alkanes of at least 4 members (excludes halogenated alkanes) is 10. The topological polar surface area (TPSA) is 86.0 Å². The van der Waals surface area contributed by atoms with Crippen molar-refractivity contribution in [2.24, 2.45) is 0 Å². The third-order valence-electron chi connectivity index (χ3n) is 5.54. The molecule has 2 aromatic rings. The van der Waals surface area contributed by atoms with Crippen LogP contribution in [0.1, 0.15) is 89.5 Å². The van der Waals surface area contributed by atoms with E-state index in [1.807, 2.05) is 0 Å². The highest BCUT2D eigenvalue weighted by Gasteiger charge is 2.10. The molecule has 0 fully saturated rings. The molecule has 0 atom stereocenters. The van der Waals surface area contributed by atoms with Gasteiger partial charge in [-0.2, -0.15) is 0 Å². The summed E-state index contributed by atoms with van der Waals surface area (Å²) >= 11 is 0. The Labute approximate surface area is 196 Å². The van der Waals surface area contributed by atoms with Gasteiger partial charge in [0.15, 0.2) is 0 Å². The molecule has 0 aliphatic heterocycles. The minimum absolute atomic E-state index is 0.00581. The van der Waals surface area contributed by atoms with Gasteiger partial charge in [-0.1, -0.05) is 70.4 Å². The Bertz CT molecular complexity index is 914. The molecule has 1 aromatic carbocycles. The van der Waals surface area contributed by atoms with Crippen molar-refractivity contribution < 1.29 is 23.8 Å². The maximum atomic E-state index is 11.8. The number of fused-ring (bicyclic) bond motifs is 1. The zero-order valence-corrected chi connectivity index (χ0v) is 19.9. The van der Waals surface area contributed by atoms with Crippen LogP contribution in [0.3, 0.4) is 0 Å². The van der Waals surface area contributed by atoms with Crippen molar-refractivity contribution >= 4 is 17.1 Å². The summed E-state index contributed by atoms with van der Waals surface area (Å²) in [7, 11) is 0. The van der Waals surface area contributed by atoms with E-state index in [9.17, 15) is 14.7 Å². The van der Waals surface area contributed by atoms with Crippen molar-refractivity contribution in [3.05, 3.63) is 52.4 Å². The monoisotopic (exact) mass is 458 g/mol. The average Bonchev–Trinajstić information content (AvgIpc) is 2.79. The summed E-state index contributed by atoms with van der Waals surface area (Å²) in [4.78, 5) is 23.5. The largest absolute Gasteiger partial charge is 0.508 e. The molecule has 6 heteroatoms. The summed E-state index contributed by atoms with van der Waals surface area (Å²) in [6.07, 6.45) is 18.2. The molecule has 0 bridgehead atoms. The van der Waals surface area contributed by atoms with E-state index in [-0.39, 0.29) is 17.9 Å². The number of rotatable bonds is 16. The highest BCUT2D eigenvalue weighted by Crippen LogP contribution is 2.22. The number of ether oxygens (including phenoxy) is 2. The Balaban J connectivity index is 1.49. The van der Waals surface area contributed by atoms with Gasteiger partial charge in [0.2, 0.25) is 0 Å². The summed E-state index contributed by atoms with van der Waals surface area (Å²) in [5.41, 5.74) is 0.179. The van der Waals surface area contributed by atoms with E-state index < -0.39 is 11.8 Å². The van der Waals surface area contributed by atoms with Crippen LogP contribution in [0.4, 0.5) is 4.79 Å². The molecule has 0 aliphatic carbocycles. The van der Waals surface area contributed by atoms with Crippen LogP contribution in [0.15, 0.2) is 45.6 Å². The average molecular weight is 459 g/mol. The van der Waals surface area contributed by atoms with Gasteiger partial charge >= 0.3 is 11.8 Å². The summed E-state index contributed by atoms with van der Waals surface area (Å²) in [5.74, 6) is -0.00581. The van der Waals surface area contributed by atoms with Crippen LogP contribution in [0, 0.1) is 0 Å². The normalized spacial score (nSPS) is 11.3. The van der Waals surface area contributed by atoms with Crippen LogP contribution in [0.25, 0.3) is 11.0 Å². The van der Waals surface area contributed by atoms with Gasteiger partial charge in [0, 0.05) is 23.1 Å². The van der Waals surface area contributed by atoms with E-state index >= 15 is 0 Å². The lowest BCUT2D eigenvalue weighted by atomic mass is 10.1. The fraction of sp³-hybridized carbons (Fsp3) is 0.556. The van der Waals surface area contributed by atoms with Crippen molar-refractivity contribution in [3.63, 3.8) is 0 Å². The summed E-state index contributed by atoms with van der Waals surface area (Å²) in [5, 5.41) is 10.1. The lowest BCUT2D eigenvalue weighted by Gasteiger charge is -2.08. The third-order valence-corrected chi connectivity index (χ3v) is 5.54. The quantitative estimate of drug-likeness (QED) is 0.122. The maximum absolute atomic E-state index is 11.8. The van der Waals surface area contributed by atoms with Gasteiger partial charge < -0.3 is 19.0 Å². The van der Waals surface area contributed by atoms with Gasteiger partial charge in [-0.3, -0.25) is 0 Å². The summed E-state index contributed by atoms with van der Waals surface area (Å²) < 4.78 is 15.3. The molecule has 1 aromatic heterocycles. The molecule has 0 amide bonds. The highest BCUT2D eigenvalue weighted by molar-refractivity contribution is 5.81. The molecule has 0 radical (unpaired) electrons. The Kier molecular flexibility index (Phi) is 12.8. The molecule has 1 N–H and O–H groups in total. The van der Waals surface area contributed by atoms with Crippen LogP contribution >= 0.6 is 0 Å². The second kappa shape index (κ2) is 15.9. The lowest BCUT2D eigenvalue weighted by Crippen LogP contribution is -2.10. The van der Waals surface area contributed by atoms with Crippen molar-refractivity contribution in [1.29, 1.82) is 0 Å². The predicted octanol–water partition coefficient (Wildman–Crippen LogP) is 7.41. The SMILES string of the molecule is CCCC/C=C\CCCCCCCCCCOC(=O)OCc1cc(=O)oc2cc(O)ccc12. The Hall–Kier alpha value is -2.76. The van der Waals surface area contributed by atoms with Crippen LogP contribution in [0.2, 0.25) is 0 Å². The van der Waals surface area contributed by atoms with E-state index in [0.29, 0.717) is 17.6 Å². The van der Waals surface area contributed by atoms with Crippen LogP contribution in [-0.2, 0) is 16.1 Å². The van der Waals surface area contributed by atoms with E-state index in [4.69, 9.17) is 13.9 Å². The number of hydrogen-bond donors (Lipinski definition) is 1. The van der Waals surface area contributed by atoms with Gasteiger partial charge in [-0.05, 0) is 37.8 Å². The molecule has 2 rings (SSSR count). The van der Waals surface area contributed by atoms with Crippen molar-refractivity contribution in [1.82, 2.24) is 0 Å². The van der Waals surface area contributed by atoms with Gasteiger partial charge in [-0.25, -0.2) is 9.59 Å². The second-order valence-corrected chi connectivity index (χ2v) is 8.39. The molecule has 0 saturated heterocycles. The number of benzene rings is 1. The van der Waals surface area contributed by atoms with E-state index in [0.717, 1.165) is 19.3 Å². The molecular formula is C27H38O6. The molecule has 33 heavy (non-hydrogen) atoms. The minimum Gasteiger partial charge on any atom is -0.508 e. The number of hydrogen-bond acceptors (Lipinski definition) is 6. The Morgan fingerprint density at radius 3 is 2.30 bits per heavy atom. The van der Waals surface area contributed by atoms with E-state index in [1.165, 1.54) is 76.0 Å². The molecule has 182 valence electrons. The second-order valence-electron chi connectivity index (χ2n) is 8.39. The van der Waals surface area contributed by atoms with Gasteiger partial charge in [0.25, 0.3) is 0 Å². The first-order valence-electron chi connectivity index (χ1n) is 12.3. The number of aromatic hydroxyl groups is 1. The van der Waals surface area contributed by atoms with Crippen molar-refractivity contribution in [3.8, 4) is 5.75 Å². The first-order chi connectivity index (χ1) is 16.1. The fourth-order valence-electron chi connectivity index (χ4n) is 3.65. The molecule has 0 unspecified atom stereocenters. The molecule has 0 saturated carbocycles. The van der Waals surface area contributed by atoms with E-state index in [1.54, 1.807) is 6.07 Å². The van der Waals surface area contributed by atoms with Gasteiger partial charge in [0.1, 0.15) is 17.9 Å². The first-order valence-corrected chi connectivity index (χ1v) is 12.3. The fourth-order valence-corrected chi connectivity index (χ4v) is 3.65. The predicted molar refractivity (Wildman–Crippen MR) is 131 cm³/mol. The molecular weight excluding hydrogens is 420 g/mol. The van der Waals surface area contributed by atoms with Gasteiger partial charge in [-0.15, -0.1) is 0 Å². The van der Waals surface area contributed by atoms with Crippen molar-refractivity contribution in [2.45, 2.75) is 90.6 Å². The minimum atomic E-state index is -0.751. The summed E-state index contributed by atoms with van der Waals surface area (Å²) in [6.45, 7) is 2.45. The number of carbonyl (C=O) groups is 1. The number of phenols is 1. The van der Waals surface area contributed by atoms with Crippen LogP contribution < -0.4 is 5.63 Å². The Morgan fingerprint density at radius 1 is 0.909 bits per heavy atom. The molecule has 6 nitrogen and oxygen atoms in total. The standard InChI is InChI=1S/C27H38O6/c1-2-3-4-5-6-7-8-9-10-11-12-13-14-15-18-31-27(30)32-21-22-19-26(29)33-25-20-23(28)16-17-24(22)25/h5-6,16-17,19-20,28H,2-4,7-15,18,21H2,1H3/b6-5-. The maximum Gasteiger partial charge on any atom is 0.508 e. The van der Waals surface area contributed by atoms with Gasteiger partial charge in [0.05, 0.1) is 6.61 Å². The van der Waals surface area contributed by atoms with Crippen molar-refractivity contribution in [2.75, 3.05) is 6.61 Å².